The molecule has 1 aromatic carbocycles. The molecule has 4 nitrogen and oxygen atoms in total. The minimum absolute atomic E-state index is 0.136. The van der Waals surface area contributed by atoms with Crippen LogP contribution in [0.4, 0.5) is 5.95 Å². The lowest BCUT2D eigenvalue weighted by atomic mass is 10.1. The van der Waals surface area contributed by atoms with E-state index in [0.717, 1.165) is 12.8 Å². The number of aryl methyl sites for hydroxylation is 1. The lowest BCUT2D eigenvalue weighted by molar-refractivity contribution is 0.462. The van der Waals surface area contributed by atoms with E-state index in [1.54, 1.807) is 0 Å². The minimum atomic E-state index is 0.136. The highest BCUT2D eigenvalue weighted by atomic mass is 35.5. The zero-order chi connectivity index (χ0) is 13.0. The van der Waals surface area contributed by atoms with E-state index in [-0.39, 0.29) is 11.8 Å². The number of ether oxygens (including phenoxy) is 1. The highest BCUT2D eigenvalue weighted by Crippen LogP contribution is 2.27. The van der Waals surface area contributed by atoms with E-state index in [0.29, 0.717) is 10.8 Å². The van der Waals surface area contributed by atoms with E-state index in [9.17, 15) is 0 Å². The van der Waals surface area contributed by atoms with Gasteiger partial charge in [-0.05, 0) is 24.1 Å². The van der Waals surface area contributed by atoms with Crippen LogP contribution in [0.1, 0.15) is 18.9 Å². The molecule has 0 saturated heterocycles. The quantitative estimate of drug-likeness (QED) is 0.918. The Bertz CT molecular complexity index is 528. The van der Waals surface area contributed by atoms with Crippen LogP contribution in [0.3, 0.4) is 0 Å². The number of aromatic nitrogens is 2. The van der Waals surface area contributed by atoms with Crippen molar-refractivity contribution >= 4 is 17.5 Å². The van der Waals surface area contributed by atoms with E-state index in [1.165, 1.54) is 11.8 Å². The van der Waals surface area contributed by atoms with Gasteiger partial charge >= 0.3 is 0 Å². The third kappa shape index (κ3) is 3.11. The van der Waals surface area contributed by atoms with Crippen molar-refractivity contribution in [2.24, 2.45) is 0 Å². The summed E-state index contributed by atoms with van der Waals surface area (Å²) < 4.78 is 5.56. The summed E-state index contributed by atoms with van der Waals surface area (Å²) in [7, 11) is 0. The number of anilines is 1. The Labute approximate surface area is 111 Å². The molecule has 0 unspecified atom stereocenters. The fourth-order valence-corrected chi connectivity index (χ4v) is 1.69. The topological polar surface area (TPSA) is 61.0 Å². The molecular formula is C13H14ClN3O. The third-order valence-corrected chi connectivity index (χ3v) is 2.67. The molecular weight excluding hydrogens is 250 g/mol. The van der Waals surface area contributed by atoms with Gasteiger partial charge in [0.2, 0.25) is 11.8 Å². The van der Waals surface area contributed by atoms with Gasteiger partial charge in [0.25, 0.3) is 0 Å². The van der Waals surface area contributed by atoms with Crippen molar-refractivity contribution in [3.8, 4) is 11.6 Å². The molecule has 0 radical (unpaired) electrons. The molecule has 2 rings (SSSR count). The van der Waals surface area contributed by atoms with E-state index in [2.05, 4.69) is 16.9 Å². The second kappa shape index (κ2) is 5.69. The van der Waals surface area contributed by atoms with Crippen molar-refractivity contribution < 1.29 is 4.74 Å². The van der Waals surface area contributed by atoms with Crippen LogP contribution in [0.15, 0.2) is 30.5 Å². The molecule has 0 aliphatic rings. The van der Waals surface area contributed by atoms with Crippen LogP contribution in [0, 0.1) is 0 Å². The molecule has 1 heterocycles. The Morgan fingerprint density at radius 3 is 2.67 bits per heavy atom. The number of hydrogen-bond donors (Lipinski definition) is 1. The molecule has 0 aliphatic heterocycles. The van der Waals surface area contributed by atoms with Crippen molar-refractivity contribution in [3.05, 3.63) is 41.0 Å². The molecule has 0 saturated carbocycles. The average Bonchev–Trinajstić information content (AvgIpc) is 2.37. The molecule has 1 aromatic heterocycles. The monoisotopic (exact) mass is 263 g/mol. The van der Waals surface area contributed by atoms with Crippen LogP contribution in [0.5, 0.6) is 11.6 Å². The lowest BCUT2D eigenvalue weighted by Crippen LogP contribution is -1.97. The Kier molecular flexibility index (Phi) is 3.99. The van der Waals surface area contributed by atoms with Crippen molar-refractivity contribution in [3.63, 3.8) is 0 Å². The van der Waals surface area contributed by atoms with Gasteiger partial charge in [-0.1, -0.05) is 37.1 Å². The van der Waals surface area contributed by atoms with E-state index < -0.39 is 0 Å². The first kappa shape index (κ1) is 12.6. The van der Waals surface area contributed by atoms with Gasteiger partial charge in [-0.3, -0.25) is 0 Å². The maximum absolute atomic E-state index is 5.92. The van der Waals surface area contributed by atoms with Crippen LogP contribution < -0.4 is 10.5 Å². The van der Waals surface area contributed by atoms with Crippen molar-refractivity contribution in [1.29, 1.82) is 0 Å². The van der Waals surface area contributed by atoms with Crippen LogP contribution in [-0.4, -0.2) is 9.97 Å². The molecule has 2 aromatic rings. The van der Waals surface area contributed by atoms with Gasteiger partial charge in [-0.25, -0.2) is 4.98 Å². The minimum Gasteiger partial charge on any atom is -0.437 e. The van der Waals surface area contributed by atoms with Crippen LogP contribution in [0.2, 0.25) is 5.02 Å². The number of nitrogen functional groups attached to an aromatic ring is 1. The van der Waals surface area contributed by atoms with Crippen LogP contribution >= 0.6 is 11.6 Å². The molecule has 0 spiro atoms. The van der Waals surface area contributed by atoms with E-state index in [1.807, 2.05) is 24.3 Å². The summed E-state index contributed by atoms with van der Waals surface area (Å²) in [5.41, 5.74) is 6.76. The molecule has 0 amide bonds. The molecule has 0 atom stereocenters. The van der Waals surface area contributed by atoms with Gasteiger partial charge in [-0.2, -0.15) is 4.98 Å². The number of nitrogens with zero attached hydrogens (tertiary/aromatic N) is 2. The van der Waals surface area contributed by atoms with Crippen molar-refractivity contribution in [2.45, 2.75) is 19.8 Å². The fraction of sp³-hybridized carbons (Fsp3) is 0.231. The van der Waals surface area contributed by atoms with Gasteiger partial charge < -0.3 is 10.5 Å². The number of rotatable bonds is 4. The second-order valence-electron chi connectivity index (χ2n) is 3.88. The smallest absolute Gasteiger partial charge is 0.243 e. The Morgan fingerprint density at radius 2 is 2.00 bits per heavy atom. The molecule has 0 aliphatic carbocycles. The zero-order valence-corrected chi connectivity index (χ0v) is 10.8. The first-order valence-electron chi connectivity index (χ1n) is 5.74. The summed E-state index contributed by atoms with van der Waals surface area (Å²) in [6.45, 7) is 2.15. The predicted octanol–water partition coefficient (Wildman–Crippen LogP) is 3.46. The van der Waals surface area contributed by atoms with Gasteiger partial charge in [-0.15, -0.1) is 0 Å². The largest absolute Gasteiger partial charge is 0.437 e. The number of halogens is 1. The van der Waals surface area contributed by atoms with E-state index >= 15 is 0 Å². The molecule has 0 fully saturated rings. The van der Waals surface area contributed by atoms with Gasteiger partial charge in [0, 0.05) is 0 Å². The van der Waals surface area contributed by atoms with Crippen molar-refractivity contribution in [1.82, 2.24) is 9.97 Å². The normalized spacial score (nSPS) is 10.3. The van der Waals surface area contributed by atoms with Gasteiger partial charge in [0.05, 0.1) is 6.20 Å². The van der Waals surface area contributed by atoms with Crippen molar-refractivity contribution in [2.75, 3.05) is 5.73 Å². The first-order chi connectivity index (χ1) is 8.69. The summed E-state index contributed by atoms with van der Waals surface area (Å²) in [6, 6.07) is 7.83. The zero-order valence-electron chi connectivity index (χ0n) is 10.1. The standard InChI is InChI=1S/C13H14ClN3O/c1-2-3-9-4-6-10(7-5-9)18-12-11(14)8-16-13(15)17-12/h4-8H,2-3H2,1H3,(H2,15,16,17). The molecule has 94 valence electrons. The molecule has 0 bridgehead atoms. The van der Waals surface area contributed by atoms with Gasteiger partial charge in [0.15, 0.2) is 0 Å². The molecule has 5 heteroatoms. The predicted molar refractivity (Wildman–Crippen MR) is 72.0 cm³/mol. The third-order valence-electron chi connectivity index (χ3n) is 2.41. The fourth-order valence-electron chi connectivity index (χ4n) is 1.56. The Morgan fingerprint density at radius 1 is 1.28 bits per heavy atom. The summed E-state index contributed by atoms with van der Waals surface area (Å²) in [5, 5.41) is 0.335. The second-order valence-corrected chi connectivity index (χ2v) is 4.28. The van der Waals surface area contributed by atoms with Crippen LogP contribution in [0.25, 0.3) is 0 Å². The number of hydrogen-bond acceptors (Lipinski definition) is 4. The maximum atomic E-state index is 5.92. The molecule has 2 N–H and O–H groups in total. The molecule has 18 heavy (non-hydrogen) atoms. The highest BCUT2D eigenvalue weighted by Gasteiger charge is 2.06. The van der Waals surface area contributed by atoms with Crippen LogP contribution in [-0.2, 0) is 6.42 Å². The summed E-state index contributed by atoms with van der Waals surface area (Å²) in [6.07, 6.45) is 3.60. The lowest BCUT2D eigenvalue weighted by Gasteiger charge is -2.07. The number of benzene rings is 1. The summed E-state index contributed by atoms with van der Waals surface area (Å²) in [4.78, 5) is 7.71. The first-order valence-corrected chi connectivity index (χ1v) is 6.11. The highest BCUT2D eigenvalue weighted by molar-refractivity contribution is 6.31. The SMILES string of the molecule is CCCc1ccc(Oc2nc(N)ncc2Cl)cc1. The summed E-state index contributed by atoms with van der Waals surface area (Å²) >= 11 is 5.92. The summed E-state index contributed by atoms with van der Waals surface area (Å²) in [5.74, 6) is 1.08. The Hall–Kier alpha value is -1.81. The average molecular weight is 264 g/mol. The Balaban J connectivity index is 2.15. The van der Waals surface area contributed by atoms with E-state index in [4.69, 9.17) is 22.1 Å². The maximum Gasteiger partial charge on any atom is 0.243 e. The van der Waals surface area contributed by atoms with Gasteiger partial charge in [0.1, 0.15) is 10.8 Å². The number of nitrogens with two attached hydrogens (primary N) is 1.